The van der Waals surface area contributed by atoms with Gasteiger partial charge in [0.25, 0.3) is 0 Å². The minimum atomic E-state index is -1.07. The van der Waals surface area contributed by atoms with Gasteiger partial charge in [0.05, 0.1) is 0 Å². The summed E-state index contributed by atoms with van der Waals surface area (Å²) >= 11 is 0. The van der Waals surface area contributed by atoms with Crippen molar-refractivity contribution >= 4 is 6.03 Å². The summed E-state index contributed by atoms with van der Waals surface area (Å²) in [7, 11) is 0. The highest BCUT2D eigenvalue weighted by Gasteiger charge is 2.15. The topological polar surface area (TPSA) is 109 Å². The summed E-state index contributed by atoms with van der Waals surface area (Å²) in [4.78, 5) is 10.4. The van der Waals surface area contributed by atoms with E-state index >= 15 is 0 Å². The molecule has 0 saturated heterocycles. The molecule has 0 aliphatic heterocycles. The van der Waals surface area contributed by atoms with Gasteiger partial charge < -0.3 is 21.1 Å². The van der Waals surface area contributed by atoms with Crippen LogP contribution < -0.4 is 5.73 Å². The van der Waals surface area contributed by atoms with Crippen molar-refractivity contribution in [2.24, 2.45) is 5.73 Å². The van der Waals surface area contributed by atoms with Crippen molar-refractivity contribution in [1.29, 1.82) is 0 Å². The number of hydrogen-bond donors (Lipinski definition) is 4. The molecule has 0 saturated carbocycles. The number of primary amides is 1. The van der Waals surface area contributed by atoms with Crippen molar-refractivity contribution in [3.8, 4) is 17.5 Å². The van der Waals surface area contributed by atoms with Gasteiger partial charge in [-0.3, -0.25) is 0 Å². The van der Waals surface area contributed by atoms with Crippen LogP contribution in [0.4, 0.5) is 4.79 Å². The third-order valence-corrected chi connectivity index (χ3v) is 1.16. The Morgan fingerprint density at radius 3 is 2.18 bits per heavy atom. The van der Waals surface area contributed by atoms with E-state index in [4.69, 9.17) is 21.1 Å². The minimum Gasteiger partial charge on any atom is -0.503 e. The number of carbonyl (C=O) groups is 1. The van der Waals surface area contributed by atoms with Crippen LogP contribution in [0.1, 0.15) is 0 Å². The third-order valence-electron chi connectivity index (χ3n) is 1.16. The molecule has 0 spiro atoms. The van der Waals surface area contributed by atoms with E-state index in [1.54, 1.807) is 0 Å². The highest BCUT2D eigenvalue weighted by molar-refractivity contribution is 5.79. The summed E-state index contributed by atoms with van der Waals surface area (Å²) in [5.74, 6) is -1.97. The first-order chi connectivity index (χ1) is 5.04. The molecule has 0 aliphatic rings. The smallest absolute Gasteiger partial charge is 0.328 e. The Bertz CT molecular complexity index is 304. The van der Waals surface area contributed by atoms with Gasteiger partial charge in [0, 0.05) is 6.07 Å². The number of hydrogen-bond acceptors (Lipinski definition) is 4. The number of rotatable bonds is 0. The maximum atomic E-state index is 10.4. The van der Waals surface area contributed by atoms with Crippen LogP contribution >= 0.6 is 0 Å². The molecule has 0 unspecified atom stereocenters. The van der Waals surface area contributed by atoms with Crippen LogP contribution in [-0.2, 0) is 0 Å². The molecule has 0 aliphatic carbocycles. The molecule has 60 valence electrons. The van der Waals surface area contributed by atoms with Crippen LogP contribution in [0.5, 0.6) is 17.5 Å². The molecule has 0 aromatic carbocycles. The molecule has 0 bridgehead atoms. The number of nitrogens with zero attached hydrogens (tertiary/aromatic N) is 1. The van der Waals surface area contributed by atoms with Gasteiger partial charge in [-0.25, -0.2) is 4.79 Å². The molecule has 1 aromatic heterocycles. The second-order valence-electron chi connectivity index (χ2n) is 1.89. The lowest BCUT2D eigenvalue weighted by molar-refractivity contribution is 0.243. The van der Waals surface area contributed by atoms with E-state index in [-0.39, 0.29) is 0 Å². The van der Waals surface area contributed by atoms with Gasteiger partial charge in [-0.2, -0.15) is 4.57 Å². The van der Waals surface area contributed by atoms with E-state index in [0.29, 0.717) is 4.57 Å². The number of aromatic nitrogens is 1. The number of amides is 1. The number of carbonyl (C=O) groups excluding carboxylic acids is 1. The molecule has 1 rings (SSSR count). The second kappa shape index (κ2) is 2.08. The molecule has 0 atom stereocenters. The van der Waals surface area contributed by atoms with Crippen LogP contribution in [0.25, 0.3) is 0 Å². The zero-order valence-electron chi connectivity index (χ0n) is 5.35. The zero-order valence-corrected chi connectivity index (χ0v) is 5.35. The second-order valence-corrected chi connectivity index (χ2v) is 1.89. The Morgan fingerprint density at radius 2 is 2.00 bits per heavy atom. The fourth-order valence-corrected chi connectivity index (χ4v) is 0.692. The predicted molar refractivity (Wildman–Crippen MR) is 34.4 cm³/mol. The van der Waals surface area contributed by atoms with E-state index < -0.39 is 23.5 Å². The lowest BCUT2D eigenvalue weighted by Crippen LogP contribution is -2.18. The van der Waals surface area contributed by atoms with Crippen molar-refractivity contribution in [3.05, 3.63) is 6.07 Å². The van der Waals surface area contributed by atoms with Gasteiger partial charge in [0.2, 0.25) is 11.8 Å². The molecule has 5 N–H and O–H groups in total. The zero-order chi connectivity index (χ0) is 8.59. The monoisotopic (exact) mass is 158 g/mol. The Labute approximate surface area is 61.1 Å². The lowest BCUT2D eigenvalue weighted by atomic mass is 10.6. The van der Waals surface area contributed by atoms with Crippen LogP contribution in [-0.4, -0.2) is 25.9 Å². The largest absolute Gasteiger partial charge is 0.503 e. The van der Waals surface area contributed by atoms with Crippen LogP contribution in [0.3, 0.4) is 0 Å². The molecule has 0 fully saturated rings. The maximum absolute atomic E-state index is 10.4. The molecular weight excluding hydrogens is 152 g/mol. The third kappa shape index (κ3) is 0.936. The van der Waals surface area contributed by atoms with Gasteiger partial charge in [-0.05, 0) is 0 Å². The van der Waals surface area contributed by atoms with E-state index in [1.807, 2.05) is 0 Å². The fraction of sp³-hybridized carbons (Fsp3) is 0. The van der Waals surface area contributed by atoms with Crippen molar-refractivity contribution in [1.82, 2.24) is 4.57 Å². The molecule has 1 amide bonds. The quantitative estimate of drug-likeness (QED) is 0.409. The van der Waals surface area contributed by atoms with Crippen LogP contribution in [0, 0.1) is 0 Å². The van der Waals surface area contributed by atoms with Crippen molar-refractivity contribution in [2.45, 2.75) is 0 Å². The van der Waals surface area contributed by atoms with Crippen LogP contribution in [0.15, 0.2) is 6.07 Å². The molecule has 6 heteroatoms. The Morgan fingerprint density at radius 1 is 1.45 bits per heavy atom. The summed E-state index contributed by atoms with van der Waals surface area (Å²) in [5.41, 5.74) is 4.72. The van der Waals surface area contributed by atoms with Crippen molar-refractivity contribution < 1.29 is 20.1 Å². The molecular formula is C5H6N2O4. The molecule has 1 heterocycles. The summed E-state index contributed by atoms with van der Waals surface area (Å²) in [6.45, 7) is 0. The lowest BCUT2D eigenvalue weighted by Gasteiger charge is -1.97. The van der Waals surface area contributed by atoms with Crippen molar-refractivity contribution in [3.63, 3.8) is 0 Å². The van der Waals surface area contributed by atoms with Gasteiger partial charge in [0.15, 0.2) is 5.75 Å². The van der Waals surface area contributed by atoms with Crippen molar-refractivity contribution in [2.75, 3.05) is 0 Å². The Hall–Kier alpha value is -1.85. The van der Waals surface area contributed by atoms with E-state index in [9.17, 15) is 4.79 Å². The Balaban J connectivity index is 3.34. The van der Waals surface area contributed by atoms with Gasteiger partial charge in [-0.15, -0.1) is 0 Å². The standard InChI is InChI=1S/C5H6N2O4/c6-5(11)7-3(9)1-2(8)4(7)10/h1,8-10H,(H2,6,11). The SMILES string of the molecule is NC(=O)n1c(O)cc(O)c1O. The van der Waals surface area contributed by atoms with Gasteiger partial charge in [-0.1, -0.05) is 0 Å². The first kappa shape index (κ1) is 7.26. The first-order valence-corrected chi connectivity index (χ1v) is 2.66. The average Bonchev–Trinajstić information content (AvgIpc) is 2.07. The van der Waals surface area contributed by atoms with E-state index in [2.05, 4.69) is 0 Å². The number of aromatic hydroxyl groups is 3. The average molecular weight is 158 g/mol. The Kier molecular flexibility index (Phi) is 1.37. The molecule has 11 heavy (non-hydrogen) atoms. The molecule has 1 aromatic rings. The van der Waals surface area contributed by atoms with Gasteiger partial charge in [0.1, 0.15) is 0 Å². The first-order valence-electron chi connectivity index (χ1n) is 2.66. The highest BCUT2D eigenvalue weighted by Crippen LogP contribution is 2.31. The number of nitrogens with two attached hydrogens (primary N) is 1. The van der Waals surface area contributed by atoms with Gasteiger partial charge >= 0.3 is 6.03 Å². The predicted octanol–water partition coefficient (Wildman–Crippen LogP) is -0.468. The fourth-order valence-electron chi connectivity index (χ4n) is 0.692. The summed E-state index contributed by atoms with van der Waals surface area (Å²) in [5, 5.41) is 26.4. The summed E-state index contributed by atoms with van der Waals surface area (Å²) < 4.78 is 0.370. The minimum absolute atomic E-state index is 0.370. The van der Waals surface area contributed by atoms with Crippen LogP contribution in [0.2, 0.25) is 0 Å². The molecule has 0 radical (unpaired) electrons. The normalized spacial score (nSPS) is 9.82. The van der Waals surface area contributed by atoms with E-state index in [0.717, 1.165) is 6.07 Å². The summed E-state index contributed by atoms with van der Waals surface area (Å²) in [6, 6.07) is -0.264. The van der Waals surface area contributed by atoms with E-state index in [1.165, 1.54) is 0 Å². The molecule has 6 nitrogen and oxygen atoms in total. The maximum Gasteiger partial charge on any atom is 0.328 e. The summed E-state index contributed by atoms with van der Waals surface area (Å²) in [6.07, 6.45) is 0. The highest BCUT2D eigenvalue weighted by atomic mass is 16.3.